The Bertz CT molecular complexity index is 468. The highest BCUT2D eigenvalue weighted by molar-refractivity contribution is 5.75. The largest absolute Gasteiger partial charge is 0.481 e. The number of rotatable bonds is 4. The van der Waals surface area contributed by atoms with E-state index < -0.39 is 11.4 Å². The number of hydrogen-bond donors (Lipinski definition) is 1. The Hall–Kier alpha value is -1.39. The summed E-state index contributed by atoms with van der Waals surface area (Å²) in [7, 11) is 0. The first-order valence-electron chi connectivity index (χ1n) is 7.36. The van der Waals surface area contributed by atoms with Crippen LogP contribution in [0.1, 0.15) is 64.6 Å². The maximum absolute atomic E-state index is 11.6. The van der Waals surface area contributed by atoms with E-state index >= 15 is 0 Å². The Kier molecular flexibility index (Phi) is 4.16. The van der Waals surface area contributed by atoms with Gasteiger partial charge in [-0.15, -0.1) is 0 Å². The van der Waals surface area contributed by atoms with Gasteiger partial charge in [-0.1, -0.05) is 45.2 Å². The summed E-state index contributed by atoms with van der Waals surface area (Å²) in [6.07, 6.45) is 5.56. The van der Waals surface area contributed by atoms with Crippen LogP contribution in [0.5, 0.6) is 0 Å². The summed E-state index contributed by atoms with van der Waals surface area (Å²) >= 11 is 0. The number of carboxylic acids is 1. The summed E-state index contributed by atoms with van der Waals surface area (Å²) in [4.78, 5) is 16.0. The van der Waals surface area contributed by atoms with Crippen LogP contribution in [0.4, 0.5) is 0 Å². The quantitative estimate of drug-likeness (QED) is 0.916. The highest BCUT2D eigenvalue weighted by Crippen LogP contribution is 2.39. The molecule has 1 saturated carbocycles. The van der Waals surface area contributed by atoms with Crippen LogP contribution in [0.15, 0.2) is 4.52 Å². The maximum atomic E-state index is 11.6. The molecular formula is C15H24N2O3. The molecule has 1 aromatic rings. The van der Waals surface area contributed by atoms with Crippen molar-refractivity contribution < 1.29 is 14.4 Å². The smallest absolute Gasteiger partial charge is 0.310 e. The Morgan fingerprint density at radius 2 is 1.95 bits per heavy atom. The van der Waals surface area contributed by atoms with Crippen molar-refractivity contribution in [3.63, 3.8) is 0 Å². The molecule has 1 heterocycles. The van der Waals surface area contributed by atoms with Gasteiger partial charge in [0.15, 0.2) is 5.82 Å². The van der Waals surface area contributed by atoms with Gasteiger partial charge < -0.3 is 9.63 Å². The number of aliphatic carboxylic acids is 1. The third-order valence-electron chi connectivity index (χ3n) is 3.95. The van der Waals surface area contributed by atoms with E-state index in [4.69, 9.17) is 4.52 Å². The Labute approximate surface area is 119 Å². The number of carboxylic acid groups (broad SMARTS) is 1. The van der Waals surface area contributed by atoms with Gasteiger partial charge in [0.25, 0.3) is 0 Å². The second-order valence-corrected chi connectivity index (χ2v) is 7.16. The van der Waals surface area contributed by atoms with Gasteiger partial charge in [0.1, 0.15) is 0 Å². The van der Waals surface area contributed by atoms with Crippen molar-refractivity contribution in [2.75, 3.05) is 0 Å². The third-order valence-corrected chi connectivity index (χ3v) is 3.95. The number of carbonyl (C=O) groups is 1. The molecule has 0 unspecified atom stereocenters. The topological polar surface area (TPSA) is 76.2 Å². The van der Waals surface area contributed by atoms with Crippen LogP contribution in [-0.2, 0) is 17.6 Å². The van der Waals surface area contributed by atoms with E-state index in [0.717, 1.165) is 25.7 Å². The van der Waals surface area contributed by atoms with E-state index in [1.54, 1.807) is 0 Å². The van der Waals surface area contributed by atoms with Crippen molar-refractivity contribution in [3.05, 3.63) is 11.7 Å². The van der Waals surface area contributed by atoms with Gasteiger partial charge in [-0.3, -0.25) is 4.79 Å². The van der Waals surface area contributed by atoms with Crippen LogP contribution < -0.4 is 0 Å². The molecule has 20 heavy (non-hydrogen) atoms. The molecule has 0 bridgehead atoms. The number of hydrogen-bond acceptors (Lipinski definition) is 4. The second kappa shape index (κ2) is 5.54. The molecule has 0 saturated heterocycles. The van der Waals surface area contributed by atoms with Crippen LogP contribution in [0.3, 0.4) is 0 Å². The van der Waals surface area contributed by atoms with Crippen LogP contribution in [0, 0.1) is 10.8 Å². The third kappa shape index (κ3) is 3.58. The Morgan fingerprint density at radius 1 is 1.30 bits per heavy atom. The van der Waals surface area contributed by atoms with Gasteiger partial charge in [-0.2, -0.15) is 4.98 Å². The Balaban J connectivity index is 2.10. The molecule has 1 fully saturated rings. The van der Waals surface area contributed by atoms with Crippen molar-refractivity contribution in [1.29, 1.82) is 0 Å². The van der Waals surface area contributed by atoms with Crippen molar-refractivity contribution in [2.24, 2.45) is 10.8 Å². The first-order chi connectivity index (χ1) is 9.31. The van der Waals surface area contributed by atoms with E-state index in [9.17, 15) is 9.90 Å². The van der Waals surface area contributed by atoms with Gasteiger partial charge in [-0.05, 0) is 18.3 Å². The molecule has 1 N–H and O–H groups in total. The molecule has 5 heteroatoms. The lowest BCUT2D eigenvalue weighted by molar-refractivity contribution is -0.151. The molecule has 5 nitrogen and oxygen atoms in total. The van der Waals surface area contributed by atoms with Crippen LogP contribution >= 0.6 is 0 Å². The summed E-state index contributed by atoms with van der Waals surface area (Å²) in [6, 6.07) is 0. The van der Waals surface area contributed by atoms with E-state index in [-0.39, 0.29) is 5.41 Å². The second-order valence-electron chi connectivity index (χ2n) is 7.16. The van der Waals surface area contributed by atoms with Gasteiger partial charge in [-0.25, -0.2) is 0 Å². The summed E-state index contributed by atoms with van der Waals surface area (Å²) in [5.41, 5.74) is -0.611. The molecule has 0 spiro atoms. The fourth-order valence-corrected chi connectivity index (χ4v) is 2.89. The van der Waals surface area contributed by atoms with Gasteiger partial charge in [0.2, 0.25) is 5.89 Å². The zero-order valence-corrected chi connectivity index (χ0v) is 12.6. The molecular weight excluding hydrogens is 256 g/mol. The standard InChI is InChI=1S/C15H24N2O3/c1-14(2,3)9-11-16-12(20-17-11)10-15(13(18)19)7-5-4-6-8-15/h4-10H2,1-3H3,(H,18,19). The highest BCUT2D eigenvalue weighted by atomic mass is 16.5. The highest BCUT2D eigenvalue weighted by Gasteiger charge is 2.41. The van der Waals surface area contributed by atoms with E-state index in [1.807, 2.05) is 0 Å². The number of aromatic nitrogens is 2. The maximum Gasteiger partial charge on any atom is 0.310 e. The zero-order valence-electron chi connectivity index (χ0n) is 12.6. The van der Waals surface area contributed by atoms with Crippen LogP contribution in [0.2, 0.25) is 0 Å². The molecule has 0 aliphatic heterocycles. The SMILES string of the molecule is CC(C)(C)Cc1noc(CC2(C(=O)O)CCCCC2)n1. The van der Waals surface area contributed by atoms with Crippen LogP contribution in [0.25, 0.3) is 0 Å². The van der Waals surface area contributed by atoms with Gasteiger partial charge in [0, 0.05) is 12.8 Å². The van der Waals surface area contributed by atoms with E-state index in [1.165, 1.54) is 0 Å². The lowest BCUT2D eigenvalue weighted by Crippen LogP contribution is -2.35. The van der Waals surface area contributed by atoms with Crippen molar-refractivity contribution >= 4 is 5.97 Å². The molecule has 0 atom stereocenters. The minimum Gasteiger partial charge on any atom is -0.481 e. The first-order valence-corrected chi connectivity index (χ1v) is 7.36. The lowest BCUT2D eigenvalue weighted by Gasteiger charge is -2.31. The zero-order chi connectivity index (χ0) is 14.8. The fourth-order valence-electron chi connectivity index (χ4n) is 2.89. The lowest BCUT2D eigenvalue weighted by atomic mass is 9.72. The van der Waals surface area contributed by atoms with Crippen molar-refractivity contribution in [1.82, 2.24) is 10.1 Å². The Morgan fingerprint density at radius 3 is 2.50 bits per heavy atom. The predicted molar refractivity (Wildman–Crippen MR) is 74.3 cm³/mol. The average molecular weight is 280 g/mol. The van der Waals surface area contributed by atoms with Crippen molar-refractivity contribution in [3.8, 4) is 0 Å². The molecule has 0 amide bonds. The molecule has 2 rings (SSSR count). The molecule has 0 radical (unpaired) electrons. The minimum atomic E-state index is -0.729. The normalized spacial score (nSPS) is 18.9. The predicted octanol–water partition coefficient (Wildman–Crippen LogP) is 3.24. The molecule has 1 aromatic heterocycles. The first kappa shape index (κ1) is 15.0. The van der Waals surface area contributed by atoms with Gasteiger partial charge in [0.05, 0.1) is 5.41 Å². The molecule has 1 aliphatic carbocycles. The van der Waals surface area contributed by atoms with Crippen LogP contribution in [-0.4, -0.2) is 21.2 Å². The molecule has 112 valence electrons. The minimum absolute atomic E-state index is 0.0937. The van der Waals surface area contributed by atoms with E-state index in [2.05, 4.69) is 30.9 Å². The molecule has 0 aromatic carbocycles. The molecule has 1 aliphatic rings. The van der Waals surface area contributed by atoms with E-state index in [0.29, 0.717) is 31.0 Å². The average Bonchev–Trinajstić information content (AvgIpc) is 2.75. The number of nitrogens with zero attached hydrogens (tertiary/aromatic N) is 2. The summed E-state index contributed by atoms with van der Waals surface area (Å²) in [5.74, 6) is 0.408. The summed E-state index contributed by atoms with van der Waals surface area (Å²) in [6.45, 7) is 6.34. The monoisotopic (exact) mass is 280 g/mol. The fraction of sp³-hybridized carbons (Fsp3) is 0.800. The van der Waals surface area contributed by atoms with Crippen molar-refractivity contribution in [2.45, 2.75) is 65.7 Å². The van der Waals surface area contributed by atoms with Gasteiger partial charge >= 0.3 is 5.97 Å². The summed E-state index contributed by atoms with van der Waals surface area (Å²) < 4.78 is 5.26. The summed E-state index contributed by atoms with van der Waals surface area (Å²) in [5, 5.41) is 13.5.